The number of hydrogen-bond acceptors (Lipinski definition) is 1. The van der Waals surface area contributed by atoms with Gasteiger partial charge in [0.25, 0.3) is 0 Å². The summed E-state index contributed by atoms with van der Waals surface area (Å²) in [7, 11) is 0. The summed E-state index contributed by atoms with van der Waals surface area (Å²) in [4.78, 5) is 0. The monoisotopic (exact) mass is 197 g/mol. The lowest BCUT2D eigenvalue weighted by molar-refractivity contribution is 0.338. The zero-order chi connectivity index (χ0) is 10.4. The highest BCUT2D eigenvalue weighted by atomic mass is 14.6. The van der Waals surface area contributed by atoms with Gasteiger partial charge in [0.2, 0.25) is 0 Å². The summed E-state index contributed by atoms with van der Waals surface area (Å²) in [5.74, 6) is 1.84. The molecule has 1 heteroatoms. The first kappa shape index (κ1) is 12.0. The van der Waals surface area contributed by atoms with E-state index in [-0.39, 0.29) is 0 Å². The van der Waals surface area contributed by atoms with Gasteiger partial charge < -0.3 is 5.73 Å². The third-order valence-corrected chi connectivity index (χ3v) is 3.53. The van der Waals surface area contributed by atoms with Gasteiger partial charge >= 0.3 is 0 Å². The van der Waals surface area contributed by atoms with Crippen molar-refractivity contribution in [1.29, 1.82) is 0 Å². The molecule has 1 nitrogen and oxygen atoms in total. The van der Waals surface area contributed by atoms with Crippen molar-refractivity contribution < 1.29 is 0 Å². The van der Waals surface area contributed by atoms with Crippen LogP contribution in [0.4, 0.5) is 0 Å². The van der Waals surface area contributed by atoms with E-state index in [9.17, 15) is 0 Å². The standard InChI is InChI=1S/C13H27N/c1-3-5-12(6-4-2)13(14)10-9-11-7-8-11/h11-13H,3-10,14H2,1-2H3. The molecule has 1 fully saturated rings. The van der Waals surface area contributed by atoms with Gasteiger partial charge in [0.1, 0.15) is 0 Å². The molecule has 1 rings (SSSR count). The highest BCUT2D eigenvalue weighted by Crippen LogP contribution is 2.34. The quantitative estimate of drug-likeness (QED) is 0.630. The van der Waals surface area contributed by atoms with E-state index >= 15 is 0 Å². The predicted octanol–water partition coefficient (Wildman–Crippen LogP) is 3.72. The van der Waals surface area contributed by atoms with Crippen molar-refractivity contribution in [2.24, 2.45) is 17.6 Å². The Bertz CT molecular complexity index is 134. The number of hydrogen-bond donors (Lipinski definition) is 1. The summed E-state index contributed by atoms with van der Waals surface area (Å²) in [6.45, 7) is 4.55. The first-order chi connectivity index (χ1) is 6.77. The molecule has 0 bridgehead atoms. The first-order valence-electron chi connectivity index (χ1n) is 6.53. The van der Waals surface area contributed by atoms with Crippen LogP contribution in [0.3, 0.4) is 0 Å². The molecule has 0 radical (unpaired) electrons. The molecule has 84 valence electrons. The van der Waals surface area contributed by atoms with Gasteiger partial charge in [-0.1, -0.05) is 39.5 Å². The highest BCUT2D eigenvalue weighted by Gasteiger charge is 2.23. The molecule has 0 aromatic carbocycles. The molecule has 2 N–H and O–H groups in total. The summed E-state index contributed by atoms with van der Waals surface area (Å²) >= 11 is 0. The molecule has 1 aliphatic rings. The molecule has 0 aromatic heterocycles. The Morgan fingerprint density at radius 3 is 2.07 bits per heavy atom. The van der Waals surface area contributed by atoms with Crippen LogP contribution in [0.2, 0.25) is 0 Å². The lowest BCUT2D eigenvalue weighted by atomic mass is 9.88. The summed E-state index contributed by atoms with van der Waals surface area (Å²) < 4.78 is 0. The largest absolute Gasteiger partial charge is 0.327 e. The Labute approximate surface area is 89.5 Å². The molecular weight excluding hydrogens is 170 g/mol. The average molecular weight is 197 g/mol. The summed E-state index contributed by atoms with van der Waals surface area (Å²) in [5.41, 5.74) is 6.27. The molecule has 1 atom stereocenters. The number of nitrogens with two attached hydrogens (primary N) is 1. The maximum atomic E-state index is 6.27. The highest BCUT2D eigenvalue weighted by molar-refractivity contribution is 4.78. The normalized spacial score (nSPS) is 18.9. The van der Waals surface area contributed by atoms with Gasteiger partial charge in [-0.2, -0.15) is 0 Å². The van der Waals surface area contributed by atoms with Crippen molar-refractivity contribution in [3.05, 3.63) is 0 Å². The zero-order valence-electron chi connectivity index (χ0n) is 9.97. The van der Waals surface area contributed by atoms with Crippen molar-refractivity contribution in [3.8, 4) is 0 Å². The van der Waals surface area contributed by atoms with Crippen LogP contribution in [-0.4, -0.2) is 6.04 Å². The van der Waals surface area contributed by atoms with Crippen molar-refractivity contribution >= 4 is 0 Å². The Morgan fingerprint density at radius 2 is 1.64 bits per heavy atom. The van der Waals surface area contributed by atoms with Crippen LogP contribution in [0.1, 0.15) is 65.2 Å². The van der Waals surface area contributed by atoms with Crippen molar-refractivity contribution in [2.45, 2.75) is 71.3 Å². The van der Waals surface area contributed by atoms with E-state index in [1.54, 1.807) is 0 Å². The van der Waals surface area contributed by atoms with Crippen LogP contribution in [0.15, 0.2) is 0 Å². The fourth-order valence-corrected chi connectivity index (χ4v) is 2.38. The third kappa shape index (κ3) is 4.45. The second kappa shape index (κ2) is 6.44. The van der Waals surface area contributed by atoms with Crippen LogP contribution >= 0.6 is 0 Å². The molecular formula is C13H27N. The minimum absolute atomic E-state index is 0.482. The Hall–Kier alpha value is -0.0400. The van der Waals surface area contributed by atoms with Crippen molar-refractivity contribution in [1.82, 2.24) is 0 Å². The van der Waals surface area contributed by atoms with Gasteiger partial charge in [-0.05, 0) is 37.5 Å². The van der Waals surface area contributed by atoms with Gasteiger partial charge in [-0.3, -0.25) is 0 Å². The molecule has 0 aromatic rings. The van der Waals surface area contributed by atoms with Crippen molar-refractivity contribution in [2.75, 3.05) is 0 Å². The average Bonchev–Trinajstić information content (AvgIpc) is 2.97. The predicted molar refractivity (Wildman–Crippen MR) is 63.2 cm³/mol. The van der Waals surface area contributed by atoms with Gasteiger partial charge in [0.05, 0.1) is 0 Å². The van der Waals surface area contributed by atoms with Gasteiger partial charge in [-0.25, -0.2) is 0 Å². The maximum Gasteiger partial charge on any atom is 0.00672 e. The summed E-state index contributed by atoms with van der Waals surface area (Å²) in [6.07, 6.45) is 10.9. The lowest BCUT2D eigenvalue weighted by Gasteiger charge is -2.23. The molecule has 0 amide bonds. The smallest absolute Gasteiger partial charge is 0.00672 e. The Kier molecular flexibility index (Phi) is 5.54. The molecule has 0 spiro atoms. The fourth-order valence-electron chi connectivity index (χ4n) is 2.38. The van der Waals surface area contributed by atoms with E-state index in [1.165, 1.54) is 51.4 Å². The topological polar surface area (TPSA) is 26.0 Å². The van der Waals surface area contributed by atoms with Crippen LogP contribution in [0.25, 0.3) is 0 Å². The zero-order valence-corrected chi connectivity index (χ0v) is 9.97. The van der Waals surface area contributed by atoms with Crippen LogP contribution < -0.4 is 5.73 Å². The van der Waals surface area contributed by atoms with E-state index in [0.29, 0.717) is 6.04 Å². The molecule has 0 aliphatic heterocycles. The van der Waals surface area contributed by atoms with E-state index < -0.39 is 0 Å². The molecule has 0 saturated heterocycles. The minimum Gasteiger partial charge on any atom is -0.327 e. The third-order valence-electron chi connectivity index (χ3n) is 3.53. The second-order valence-electron chi connectivity index (χ2n) is 5.02. The van der Waals surface area contributed by atoms with Gasteiger partial charge in [0, 0.05) is 6.04 Å². The summed E-state index contributed by atoms with van der Waals surface area (Å²) in [5, 5.41) is 0. The summed E-state index contributed by atoms with van der Waals surface area (Å²) in [6, 6.07) is 0.482. The fraction of sp³-hybridized carbons (Fsp3) is 1.00. The van der Waals surface area contributed by atoms with Gasteiger partial charge in [0.15, 0.2) is 0 Å². The van der Waals surface area contributed by atoms with Gasteiger partial charge in [-0.15, -0.1) is 0 Å². The van der Waals surface area contributed by atoms with Crippen LogP contribution in [0, 0.1) is 11.8 Å². The second-order valence-corrected chi connectivity index (χ2v) is 5.02. The number of rotatable bonds is 8. The van der Waals surface area contributed by atoms with E-state index in [1.807, 2.05) is 0 Å². The van der Waals surface area contributed by atoms with E-state index in [4.69, 9.17) is 5.73 Å². The molecule has 0 heterocycles. The van der Waals surface area contributed by atoms with Crippen LogP contribution in [0.5, 0.6) is 0 Å². The van der Waals surface area contributed by atoms with Crippen LogP contribution in [-0.2, 0) is 0 Å². The minimum atomic E-state index is 0.482. The Morgan fingerprint density at radius 1 is 1.07 bits per heavy atom. The molecule has 1 aliphatic carbocycles. The lowest BCUT2D eigenvalue weighted by Crippen LogP contribution is -2.30. The van der Waals surface area contributed by atoms with E-state index in [0.717, 1.165) is 11.8 Å². The molecule has 1 saturated carbocycles. The Balaban J connectivity index is 2.16. The SMILES string of the molecule is CCCC(CCC)C(N)CCC1CC1. The maximum absolute atomic E-state index is 6.27. The molecule has 14 heavy (non-hydrogen) atoms. The van der Waals surface area contributed by atoms with E-state index in [2.05, 4.69) is 13.8 Å². The molecule has 1 unspecified atom stereocenters. The van der Waals surface area contributed by atoms with Crippen molar-refractivity contribution in [3.63, 3.8) is 0 Å². The first-order valence-corrected chi connectivity index (χ1v) is 6.53.